The maximum absolute atomic E-state index is 12.2. The van der Waals surface area contributed by atoms with Gasteiger partial charge in [-0.3, -0.25) is 14.4 Å². The van der Waals surface area contributed by atoms with Gasteiger partial charge in [-0.05, 0) is 25.1 Å². The van der Waals surface area contributed by atoms with E-state index in [0.29, 0.717) is 5.52 Å². The topological polar surface area (TPSA) is 108 Å². The molecule has 0 aliphatic heterocycles. The summed E-state index contributed by atoms with van der Waals surface area (Å²) >= 11 is 1.48. The van der Waals surface area contributed by atoms with Gasteiger partial charge in [-0.15, -0.1) is 11.3 Å². The molecular weight excluding hydrogens is 296 g/mol. The number of rotatable bonds is 5. The Morgan fingerprint density at radius 2 is 1.81 bits per heavy atom. The van der Waals surface area contributed by atoms with Crippen LogP contribution in [-0.2, 0) is 9.59 Å². The van der Waals surface area contributed by atoms with Crippen LogP contribution in [0.25, 0.3) is 10.2 Å². The molecule has 0 aliphatic carbocycles. The highest BCUT2D eigenvalue weighted by Crippen LogP contribution is 2.23. The van der Waals surface area contributed by atoms with Crippen molar-refractivity contribution in [2.75, 3.05) is 13.1 Å². The monoisotopic (exact) mass is 308 g/mol. The number of hydrogen-bond donors (Lipinski definition) is 2. The summed E-state index contributed by atoms with van der Waals surface area (Å²) in [4.78, 5) is 38.8. The fraction of sp³-hybridized carbons (Fsp3) is 0.231. The van der Waals surface area contributed by atoms with E-state index >= 15 is 0 Å². The molecule has 0 unspecified atom stereocenters. The van der Waals surface area contributed by atoms with E-state index in [1.54, 1.807) is 12.1 Å². The molecule has 0 aliphatic rings. The summed E-state index contributed by atoms with van der Waals surface area (Å²) in [5.74, 6) is -3.18. The molecule has 0 saturated carbocycles. The Kier molecular flexibility index (Phi) is 4.18. The number of carboxylic acids is 2. The lowest BCUT2D eigenvalue weighted by Gasteiger charge is -2.18. The van der Waals surface area contributed by atoms with Crippen LogP contribution in [0.3, 0.4) is 0 Å². The van der Waals surface area contributed by atoms with Crippen molar-refractivity contribution in [3.8, 4) is 0 Å². The number of amides is 1. The Labute approximate surface area is 123 Å². The van der Waals surface area contributed by atoms with E-state index in [-0.39, 0.29) is 5.56 Å². The Hall–Kier alpha value is -2.48. The summed E-state index contributed by atoms with van der Waals surface area (Å²) in [5, 5.41) is 18.4. The standard InChI is InChI=1S/C13H12N2O5S/c1-7-14-9-4-8(2-3-10(9)21-7)13(20)15(5-11(16)17)6-12(18)19/h2-4H,5-6H2,1H3,(H,16,17)(H,18,19). The number of aryl methyl sites for hydroxylation is 1. The summed E-state index contributed by atoms with van der Waals surface area (Å²) in [7, 11) is 0. The molecule has 110 valence electrons. The van der Waals surface area contributed by atoms with E-state index in [2.05, 4.69) is 4.98 Å². The average Bonchev–Trinajstić information content (AvgIpc) is 2.74. The second-order valence-corrected chi connectivity index (χ2v) is 5.60. The first kappa shape index (κ1) is 14.9. The lowest BCUT2D eigenvalue weighted by atomic mass is 10.2. The molecule has 0 spiro atoms. The number of aromatic nitrogens is 1. The quantitative estimate of drug-likeness (QED) is 0.859. The number of carboxylic acid groups (broad SMARTS) is 2. The zero-order valence-electron chi connectivity index (χ0n) is 11.1. The van der Waals surface area contributed by atoms with Crippen molar-refractivity contribution in [2.24, 2.45) is 0 Å². The van der Waals surface area contributed by atoms with Gasteiger partial charge in [0.05, 0.1) is 15.2 Å². The van der Waals surface area contributed by atoms with E-state index < -0.39 is 30.9 Å². The zero-order valence-corrected chi connectivity index (χ0v) is 11.9. The molecule has 1 aromatic carbocycles. The average molecular weight is 308 g/mol. The van der Waals surface area contributed by atoms with E-state index in [4.69, 9.17) is 10.2 Å². The van der Waals surface area contributed by atoms with Crippen LogP contribution in [-0.4, -0.2) is 51.0 Å². The minimum atomic E-state index is -1.27. The number of thiazole rings is 1. The fourth-order valence-corrected chi connectivity index (χ4v) is 2.69. The Morgan fingerprint density at radius 3 is 2.38 bits per heavy atom. The molecule has 1 heterocycles. The minimum absolute atomic E-state index is 0.218. The first-order valence-corrected chi connectivity index (χ1v) is 6.78. The van der Waals surface area contributed by atoms with Gasteiger partial charge in [-0.2, -0.15) is 0 Å². The third-order valence-corrected chi connectivity index (χ3v) is 3.63. The first-order chi connectivity index (χ1) is 9.86. The van der Waals surface area contributed by atoms with Gasteiger partial charge in [0.2, 0.25) is 0 Å². The maximum Gasteiger partial charge on any atom is 0.323 e. The molecule has 0 radical (unpaired) electrons. The summed E-state index contributed by atoms with van der Waals surface area (Å²) in [6, 6.07) is 4.80. The van der Waals surface area contributed by atoms with Crippen LogP contribution in [0.4, 0.5) is 0 Å². The second kappa shape index (κ2) is 5.88. The molecule has 21 heavy (non-hydrogen) atoms. The summed E-state index contributed by atoms with van der Waals surface area (Å²) in [6.07, 6.45) is 0. The van der Waals surface area contributed by atoms with E-state index in [9.17, 15) is 14.4 Å². The number of carbonyl (C=O) groups is 3. The van der Waals surface area contributed by atoms with Crippen LogP contribution in [0, 0.1) is 6.92 Å². The molecule has 1 aromatic heterocycles. The summed E-state index contributed by atoms with van der Waals surface area (Å²) < 4.78 is 0.909. The smallest absolute Gasteiger partial charge is 0.323 e. The molecule has 8 heteroatoms. The number of fused-ring (bicyclic) bond motifs is 1. The van der Waals surface area contributed by atoms with Crippen LogP contribution >= 0.6 is 11.3 Å². The molecule has 0 fully saturated rings. The molecule has 1 amide bonds. The first-order valence-electron chi connectivity index (χ1n) is 5.97. The fourth-order valence-electron chi connectivity index (χ4n) is 1.88. The predicted molar refractivity (Wildman–Crippen MR) is 75.5 cm³/mol. The van der Waals surface area contributed by atoms with Gasteiger partial charge in [0.25, 0.3) is 5.91 Å². The van der Waals surface area contributed by atoms with Crippen molar-refractivity contribution in [3.63, 3.8) is 0 Å². The van der Waals surface area contributed by atoms with Crippen LogP contribution in [0.2, 0.25) is 0 Å². The van der Waals surface area contributed by atoms with Crippen molar-refractivity contribution < 1.29 is 24.6 Å². The number of aliphatic carboxylic acids is 2. The van der Waals surface area contributed by atoms with Gasteiger partial charge >= 0.3 is 11.9 Å². The summed E-state index contributed by atoms with van der Waals surface area (Å²) in [5.41, 5.74) is 0.851. The Balaban J connectivity index is 2.32. The van der Waals surface area contributed by atoms with E-state index in [1.165, 1.54) is 17.4 Å². The third-order valence-electron chi connectivity index (χ3n) is 2.68. The second-order valence-electron chi connectivity index (χ2n) is 4.36. The van der Waals surface area contributed by atoms with Crippen molar-refractivity contribution in [2.45, 2.75) is 6.92 Å². The number of hydrogen-bond acceptors (Lipinski definition) is 5. The molecule has 2 N–H and O–H groups in total. The number of nitrogens with zero attached hydrogens (tertiary/aromatic N) is 2. The van der Waals surface area contributed by atoms with Crippen LogP contribution in [0.1, 0.15) is 15.4 Å². The normalized spacial score (nSPS) is 10.5. The lowest BCUT2D eigenvalue weighted by molar-refractivity contribution is -0.140. The van der Waals surface area contributed by atoms with E-state index in [1.807, 2.05) is 6.92 Å². The Morgan fingerprint density at radius 1 is 1.19 bits per heavy atom. The number of benzene rings is 1. The van der Waals surface area contributed by atoms with E-state index in [0.717, 1.165) is 14.6 Å². The molecule has 0 bridgehead atoms. The van der Waals surface area contributed by atoms with Gasteiger partial charge in [-0.25, -0.2) is 4.98 Å². The van der Waals surface area contributed by atoms with Gasteiger partial charge in [0, 0.05) is 5.56 Å². The molecule has 0 atom stereocenters. The molecule has 2 rings (SSSR count). The lowest BCUT2D eigenvalue weighted by Crippen LogP contribution is -2.39. The van der Waals surface area contributed by atoms with Gasteiger partial charge in [-0.1, -0.05) is 0 Å². The highest BCUT2D eigenvalue weighted by molar-refractivity contribution is 7.18. The van der Waals surface area contributed by atoms with Crippen molar-refractivity contribution in [1.29, 1.82) is 0 Å². The maximum atomic E-state index is 12.2. The third kappa shape index (κ3) is 3.54. The largest absolute Gasteiger partial charge is 0.480 e. The van der Waals surface area contributed by atoms with Crippen LogP contribution in [0.15, 0.2) is 18.2 Å². The molecule has 7 nitrogen and oxygen atoms in total. The number of carbonyl (C=O) groups excluding carboxylic acids is 1. The van der Waals surface area contributed by atoms with Gasteiger partial charge in [0.1, 0.15) is 13.1 Å². The molecular formula is C13H12N2O5S. The minimum Gasteiger partial charge on any atom is -0.480 e. The predicted octanol–water partition coefficient (Wildman–Crippen LogP) is 1.22. The van der Waals surface area contributed by atoms with Gasteiger partial charge in [0.15, 0.2) is 0 Å². The SMILES string of the molecule is Cc1nc2cc(C(=O)N(CC(=O)O)CC(=O)O)ccc2s1. The molecule has 2 aromatic rings. The van der Waals surface area contributed by atoms with Crippen LogP contribution in [0.5, 0.6) is 0 Å². The van der Waals surface area contributed by atoms with Gasteiger partial charge < -0.3 is 15.1 Å². The Bertz CT molecular complexity index is 708. The van der Waals surface area contributed by atoms with Crippen molar-refractivity contribution in [3.05, 3.63) is 28.8 Å². The highest BCUT2D eigenvalue weighted by Gasteiger charge is 2.21. The highest BCUT2D eigenvalue weighted by atomic mass is 32.1. The van der Waals surface area contributed by atoms with Crippen molar-refractivity contribution >= 4 is 39.4 Å². The van der Waals surface area contributed by atoms with Crippen molar-refractivity contribution in [1.82, 2.24) is 9.88 Å². The zero-order chi connectivity index (χ0) is 15.6. The summed E-state index contributed by atoms with van der Waals surface area (Å²) in [6.45, 7) is 0.506. The van der Waals surface area contributed by atoms with Crippen LogP contribution < -0.4 is 0 Å². The molecule has 0 saturated heterocycles.